The summed E-state index contributed by atoms with van der Waals surface area (Å²) in [5.41, 5.74) is -0.418. The number of hydrogen-bond acceptors (Lipinski definition) is 5. The summed E-state index contributed by atoms with van der Waals surface area (Å²) in [6.45, 7) is 8.54. The Morgan fingerprint density at radius 2 is 1.76 bits per heavy atom. The van der Waals surface area contributed by atoms with Crippen molar-refractivity contribution in [1.82, 2.24) is 5.32 Å². The lowest BCUT2D eigenvalue weighted by atomic mass is 9.99. The molecule has 0 fully saturated rings. The van der Waals surface area contributed by atoms with Gasteiger partial charge in [-0.15, -0.1) is 0 Å². The maximum atomic E-state index is 9.70. The van der Waals surface area contributed by atoms with E-state index in [1.165, 1.54) is 0 Å². The van der Waals surface area contributed by atoms with Gasteiger partial charge in [-0.2, -0.15) is 0 Å². The van der Waals surface area contributed by atoms with Crippen LogP contribution in [0.3, 0.4) is 0 Å². The summed E-state index contributed by atoms with van der Waals surface area (Å²) in [5, 5.41) is 22.3. The third kappa shape index (κ3) is 7.68. The second kappa shape index (κ2) is 8.00. The van der Waals surface area contributed by atoms with Gasteiger partial charge in [0.2, 0.25) is 0 Å². The molecule has 3 atom stereocenters. The minimum absolute atomic E-state index is 0.0283. The minimum atomic E-state index is -0.590. The normalized spacial score (nSPS) is 17.8. The molecule has 0 spiro atoms. The van der Waals surface area contributed by atoms with Crippen LogP contribution in [-0.2, 0) is 9.47 Å². The molecule has 0 saturated carbocycles. The number of nitrogens with one attached hydrogen (secondary N) is 1. The Morgan fingerprint density at radius 1 is 1.18 bits per heavy atom. The van der Waals surface area contributed by atoms with Crippen LogP contribution in [0.1, 0.15) is 27.7 Å². The van der Waals surface area contributed by atoms with Crippen molar-refractivity contribution in [2.24, 2.45) is 0 Å². The van der Waals surface area contributed by atoms with Gasteiger partial charge in [0.15, 0.2) is 0 Å². The zero-order chi connectivity index (χ0) is 13.5. The van der Waals surface area contributed by atoms with Crippen molar-refractivity contribution in [3.8, 4) is 0 Å². The molecule has 0 aromatic rings. The summed E-state index contributed by atoms with van der Waals surface area (Å²) in [7, 11) is 1.61. The maximum Gasteiger partial charge on any atom is 0.0898 e. The number of aliphatic hydroxyl groups is 2. The molecule has 0 aromatic carbocycles. The van der Waals surface area contributed by atoms with Crippen molar-refractivity contribution in [2.75, 3.05) is 26.9 Å². The highest BCUT2D eigenvalue weighted by Crippen LogP contribution is 2.08. The lowest BCUT2D eigenvalue weighted by molar-refractivity contribution is -0.0342. The van der Waals surface area contributed by atoms with Gasteiger partial charge in [-0.05, 0) is 27.7 Å². The number of ether oxygens (including phenoxy) is 2. The first-order valence-electron chi connectivity index (χ1n) is 6.01. The smallest absolute Gasteiger partial charge is 0.0898 e. The Hall–Kier alpha value is -0.200. The van der Waals surface area contributed by atoms with Crippen molar-refractivity contribution >= 4 is 0 Å². The molecule has 104 valence electrons. The summed E-state index contributed by atoms with van der Waals surface area (Å²) in [6.07, 6.45) is -1.10. The monoisotopic (exact) mass is 249 g/mol. The Balaban J connectivity index is 3.76. The quantitative estimate of drug-likeness (QED) is 0.542. The highest BCUT2D eigenvalue weighted by Gasteiger charge is 2.24. The standard InChI is InChI=1S/C12H27NO4/c1-9(7-16-5)17-8-11(15)6-13-12(3,4)10(2)14/h9-11,13-15H,6-8H2,1-5H3. The third-order valence-electron chi connectivity index (χ3n) is 2.81. The molecule has 3 N–H and O–H groups in total. The number of methoxy groups -OCH3 is 1. The molecule has 0 heterocycles. The van der Waals surface area contributed by atoms with Gasteiger partial charge in [-0.3, -0.25) is 0 Å². The lowest BCUT2D eigenvalue weighted by Crippen LogP contribution is -2.51. The largest absolute Gasteiger partial charge is 0.392 e. The molecular weight excluding hydrogens is 222 g/mol. The average molecular weight is 249 g/mol. The fraction of sp³-hybridized carbons (Fsp3) is 1.00. The van der Waals surface area contributed by atoms with E-state index < -0.39 is 17.7 Å². The van der Waals surface area contributed by atoms with Crippen LogP contribution in [-0.4, -0.2) is 60.9 Å². The fourth-order valence-electron chi connectivity index (χ4n) is 1.15. The molecular formula is C12H27NO4. The first kappa shape index (κ1) is 16.8. The van der Waals surface area contributed by atoms with Crippen LogP contribution in [0.15, 0.2) is 0 Å². The number of rotatable bonds is 9. The summed E-state index contributed by atoms with van der Waals surface area (Å²) in [6, 6.07) is 0. The van der Waals surface area contributed by atoms with Crippen LogP contribution in [0, 0.1) is 0 Å². The molecule has 0 rings (SSSR count). The number of β-amino-alcohol motifs (C(OH)–C–C–N with tert-alkyl or cyclic N) is 1. The molecule has 0 aromatic heterocycles. The summed E-state index contributed by atoms with van der Waals surface area (Å²) in [5.74, 6) is 0. The zero-order valence-corrected chi connectivity index (χ0v) is 11.6. The van der Waals surface area contributed by atoms with Gasteiger partial charge in [0.05, 0.1) is 31.5 Å². The molecule has 0 bridgehead atoms. The van der Waals surface area contributed by atoms with Gasteiger partial charge in [0.1, 0.15) is 0 Å². The molecule has 0 radical (unpaired) electrons. The van der Waals surface area contributed by atoms with Crippen LogP contribution in [0.25, 0.3) is 0 Å². The lowest BCUT2D eigenvalue weighted by Gasteiger charge is -2.30. The van der Waals surface area contributed by atoms with Gasteiger partial charge in [-0.25, -0.2) is 0 Å². The van der Waals surface area contributed by atoms with E-state index in [1.807, 2.05) is 20.8 Å². The predicted molar refractivity (Wildman–Crippen MR) is 67.1 cm³/mol. The van der Waals surface area contributed by atoms with Crippen LogP contribution < -0.4 is 5.32 Å². The van der Waals surface area contributed by atoms with Crippen LogP contribution in [0.2, 0.25) is 0 Å². The van der Waals surface area contributed by atoms with E-state index >= 15 is 0 Å². The van der Waals surface area contributed by atoms with Gasteiger partial charge in [0.25, 0.3) is 0 Å². The van der Waals surface area contributed by atoms with Crippen molar-refractivity contribution in [3.05, 3.63) is 0 Å². The third-order valence-corrected chi connectivity index (χ3v) is 2.81. The number of aliphatic hydroxyl groups excluding tert-OH is 2. The van der Waals surface area contributed by atoms with E-state index in [2.05, 4.69) is 5.32 Å². The molecule has 0 saturated heterocycles. The SMILES string of the molecule is COCC(C)OCC(O)CNC(C)(C)C(C)O. The van der Waals surface area contributed by atoms with E-state index in [-0.39, 0.29) is 12.7 Å². The van der Waals surface area contributed by atoms with Gasteiger partial charge < -0.3 is 25.0 Å². The summed E-state index contributed by atoms with van der Waals surface area (Å²) >= 11 is 0. The van der Waals surface area contributed by atoms with Crippen LogP contribution in [0.4, 0.5) is 0 Å². The molecule has 5 heteroatoms. The van der Waals surface area contributed by atoms with Crippen molar-refractivity contribution in [1.29, 1.82) is 0 Å². The molecule has 0 amide bonds. The average Bonchev–Trinajstić information content (AvgIpc) is 2.24. The van der Waals surface area contributed by atoms with Crippen LogP contribution >= 0.6 is 0 Å². The molecule has 0 aliphatic heterocycles. The fourth-order valence-corrected chi connectivity index (χ4v) is 1.15. The van der Waals surface area contributed by atoms with E-state index in [9.17, 15) is 10.2 Å². The van der Waals surface area contributed by atoms with Crippen molar-refractivity contribution in [3.63, 3.8) is 0 Å². The molecule has 5 nitrogen and oxygen atoms in total. The second-order valence-corrected chi connectivity index (χ2v) is 5.03. The minimum Gasteiger partial charge on any atom is -0.392 e. The van der Waals surface area contributed by atoms with Gasteiger partial charge >= 0.3 is 0 Å². The Morgan fingerprint density at radius 3 is 2.24 bits per heavy atom. The topological polar surface area (TPSA) is 71.0 Å². The highest BCUT2D eigenvalue weighted by atomic mass is 16.5. The molecule has 3 unspecified atom stereocenters. The Labute approximate surface area is 104 Å². The zero-order valence-electron chi connectivity index (χ0n) is 11.6. The van der Waals surface area contributed by atoms with Crippen molar-refractivity contribution in [2.45, 2.75) is 51.5 Å². The Kier molecular flexibility index (Phi) is 7.91. The Bertz CT molecular complexity index is 197. The second-order valence-electron chi connectivity index (χ2n) is 5.03. The first-order valence-corrected chi connectivity index (χ1v) is 6.01. The first-order chi connectivity index (χ1) is 7.79. The number of hydrogen-bond donors (Lipinski definition) is 3. The van der Waals surface area contributed by atoms with Crippen molar-refractivity contribution < 1.29 is 19.7 Å². The molecule has 0 aliphatic rings. The van der Waals surface area contributed by atoms with Gasteiger partial charge in [-0.1, -0.05) is 0 Å². The predicted octanol–water partition coefficient (Wildman–Crippen LogP) is 0.148. The van der Waals surface area contributed by atoms with E-state index in [4.69, 9.17) is 9.47 Å². The summed E-state index contributed by atoms with van der Waals surface area (Å²) < 4.78 is 10.3. The molecule has 17 heavy (non-hydrogen) atoms. The summed E-state index contributed by atoms with van der Waals surface area (Å²) in [4.78, 5) is 0. The van der Waals surface area contributed by atoms with E-state index in [1.54, 1.807) is 14.0 Å². The van der Waals surface area contributed by atoms with Gasteiger partial charge in [0, 0.05) is 19.2 Å². The van der Waals surface area contributed by atoms with Crippen LogP contribution in [0.5, 0.6) is 0 Å². The van der Waals surface area contributed by atoms with E-state index in [0.29, 0.717) is 13.2 Å². The maximum absolute atomic E-state index is 9.70. The highest BCUT2D eigenvalue weighted by molar-refractivity contribution is 4.83. The molecule has 0 aliphatic carbocycles. The van der Waals surface area contributed by atoms with E-state index in [0.717, 1.165) is 0 Å².